The molecule has 0 bridgehead atoms. The largest absolute Gasteiger partial charge is 0.0984 e. The van der Waals surface area contributed by atoms with E-state index in [-0.39, 0.29) is 0 Å². The lowest BCUT2D eigenvalue weighted by molar-refractivity contribution is 1.42. The average Bonchev–Trinajstić information content (AvgIpc) is 2.16. The second-order valence-corrected chi connectivity index (χ2v) is 3.07. The number of hydrogen-bond donors (Lipinski definition) is 0. The van der Waals surface area contributed by atoms with E-state index in [0.29, 0.717) is 0 Å². The van der Waals surface area contributed by atoms with Crippen LogP contribution in [0, 0.1) is 0 Å². The summed E-state index contributed by atoms with van der Waals surface area (Å²) in [4.78, 5) is 0. The first kappa shape index (κ1) is 9.27. The first-order valence-electron chi connectivity index (χ1n) is 3.75. The topological polar surface area (TPSA) is 0 Å². The van der Waals surface area contributed by atoms with E-state index in [1.807, 2.05) is 12.2 Å². The molecule has 1 aromatic rings. The lowest BCUT2D eigenvalue weighted by Gasteiger charge is -2.02. The maximum absolute atomic E-state index is 3.75. The quantitative estimate of drug-likeness (QED) is 0.682. The highest BCUT2D eigenvalue weighted by Crippen LogP contribution is 2.16. The van der Waals surface area contributed by atoms with Gasteiger partial charge in [0.2, 0.25) is 0 Å². The molecule has 0 fully saturated rings. The molecule has 0 radical (unpaired) electrons. The molecule has 0 saturated carbocycles. The molecule has 0 aliphatic carbocycles. The zero-order valence-electron chi connectivity index (χ0n) is 6.89. The molecular formula is C11H11Br. The Morgan fingerprint density at radius 1 is 1.17 bits per heavy atom. The highest BCUT2D eigenvalue weighted by atomic mass is 79.9. The van der Waals surface area contributed by atoms with Gasteiger partial charge in [0.25, 0.3) is 0 Å². The van der Waals surface area contributed by atoms with Gasteiger partial charge in [-0.15, -0.1) is 0 Å². The van der Waals surface area contributed by atoms with Gasteiger partial charge < -0.3 is 0 Å². The van der Waals surface area contributed by atoms with Gasteiger partial charge in [-0.1, -0.05) is 59.4 Å². The summed E-state index contributed by atoms with van der Waals surface area (Å²) in [5.74, 6) is 0. The van der Waals surface area contributed by atoms with Crippen LogP contribution in [0.2, 0.25) is 0 Å². The molecule has 1 rings (SSSR count). The molecule has 62 valence electrons. The zero-order chi connectivity index (χ0) is 8.97. The third kappa shape index (κ3) is 1.86. The summed E-state index contributed by atoms with van der Waals surface area (Å²) in [7, 11) is 0. The molecular weight excluding hydrogens is 212 g/mol. The molecule has 1 heteroatoms. The fourth-order valence-corrected chi connectivity index (χ4v) is 1.42. The summed E-state index contributed by atoms with van der Waals surface area (Å²) in [5.41, 5.74) is 3.53. The van der Waals surface area contributed by atoms with Gasteiger partial charge in [0, 0.05) is 5.33 Å². The van der Waals surface area contributed by atoms with Gasteiger partial charge in [-0.25, -0.2) is 0 Å². The molecule has 0 amide bonds. The summed E-state index contributed by atoms with van der Waals surface area (Å²) in [6.45, 7) is 7.49. The number of halogens is 1. The van der Waals surface area contributed by atoms with E-state index in [9.17, 15) is 0 Å². The van der Waals surface area contributed by atoms with Crippen LogP contribution in [-0.2, 0) is 5.33 Å². The number of benzene rings is 1. The molecule has 0 spiro atoms. The minimum absolute atomic E-state index is 0.880. The minimum atomic E-state index is 0.880. The van der Waals surface area contributed by atoms with Crippen molar-refractivity contribution in [1.29, 1.82) is 0 Å². The first-order valence-corrected chi connectivity index (χ1v) is 4.87. The number of rotatable bonds is 3. The van der Waals surface area contributed by atoms with Gasteiger partial charge in [-0.2, -0.15) is 0 Å². The average molecular weight is 223 g/mol. The molecule has 0 unspecified atom stereocenters. The van der Waals surface area contributed by atoms with Crippen LogP contribution in [0.3, 0.4) is 0 Å². The second-order valence-electron chi connectivity index (χ2n) is 2.51. The standard InChI is InChI=1S/C11H11Br/c1-3-10-6-5-9(8-12)7-11(10)4-2/h3-7H,1-2,8H2. The van der Waals surface area contributed by atoms with Crippen molar-refractivity contribution in [2.75, 3.05) is 0 Å². The van der Waals surface area contributed by atoms with Crippen molar-refractivity contribution in [2.45, 2.75) is 5.33 Å². The van der Waals surface area contributed by atoms with Crippen LogP contribution < -0.4 is 0 Å². The minimum Gasteiger partial charge on any atom is -0.0984 e. The van der Waals surface area contributed by atoms with Gasteiger partial charge in [-0.3, -0.25) is 0 Å². The van der Waals surface area contributed by atoms with Gasteiger partial charge >= 0.3 is 0 Å². The van der Waals surface area contributed by atoms with Crippen molar-refractivity contribution >= 4 is 28.1 Å². The molecule has 0 nitrogen and oxygen atoms in total. The van der Waals surface area contributed by atoms with E-state index in [4.69, 9.17) is 0 Å². The van der Waals surface area contributed by atoms with Crippen LogP contribution in [0.4, 0.5) is 0 Å². The predicted octanol–water partition coefficient (Wildman–Crippen LogP) is 3.87. The van der Waals surface area contributed by atoms with Crippen LogP contribution in [0.25, 0.3) is 12.2 Å². The summed E-state index contributed by atoms with van der Waals surface area (Å²) in [6, 6.07) is 6.25. The molecule has 0 aliphatic rings. The normalized spacial score (nSPS) is 9.42. The Balaban J connectivity index is 3.18. The fraction of sp³-hybridized carbons (Fsp3) is 0.0909. The summed E-state index contributed by atoms with van der Waals surface area (Å²) in [6.07, 6.45) is 3.69. The summed E-state index contributed by atoms with van der Waals surface area (Å²) < 4.78 is 0. The summed E-state index contributed by atoms with van der Waals surface area (Å²) in [5, 5.41) is 0.880. The van der Waals surface area contributed by atoms with E-state index in [0.717, 1.165) is 16.5 Å². The van der Waals surface area contributed by atoms with Crippen LogP contribution in [0.15, 0.2) is 31.4 Å². The number of alkyl halides is 1. The van der Waals surface area contributed by atoms with Crippen molar-refractivity contribution in [3.05, 3.63) is 48.0 Å². The van der Waals surface area contributed by atoms with Gasteiger partial charge in [-0.05, 0) is 16.7 Å². The third-order valence-electron chi connectivity index (χ3n) is 1.75. The Morgan fingerprint density at radius 2 is 1.83 bits per heavy atom. The predicted molar refractivity (Wildman–Crippen MR) is 59.3 cm³/mol. The first-order chi connectivity index (χ1) is 5.81. The number of hydrogen-bond acceptors (Lipinski definition) is 0. The fourth-order valence-electron chi connectivity index (χ4n) is 1.07. The maximum atomic E-state index is 3.75. The maximum Gasteiger partial charge on any atom is 0.0283 e. The Labute approximate surface area is 81.7 Å². The SMILES string of the molecule is C=Cc1ccc(CBr)cc1C=C. The molecule has 0 N–H and O–H groups in total. The molecule has 0 heterocycles. The molecule has 1 aromatic carbocycles. The Bertz CT molecular complexity index is 300. The van der Waals surface area contributed by atoms with Crippen molar-refractivity contribution in [2.24, 2.45) is 0 Å². The lowest BCUT2D eigenvalue weighted by Crippen LogP contribution is -1.83. The molecule has 0 saturated heterocycles. The lowest BCUT2D eigenvalue weighted by atomic mass is 10.0. The zero-order valence-corrected chi connectivity index (χ0v) is 8.47. The van der Waals surface area contributed by atoms with Crippen molar-refractivity contribution in [3.63, 3.8) is 0 Å². The third-order valence-corrected chi connectivity index (χ3v) is 2.39. The van der Waals surface area contributed by atoms with Gasteiger partial charge in [0.1, 0.15) is 0 Å². The van der Waals surface area contributed by atoms with E-state index in [1.165, 1.54) is 5.56 Å². The molecule has 0 aliphatic heterocycles. The van der Waals surface area contributed by atoms with Crippen molar-refractivity contribution in [1.82, 2.24) is 0 Å². The Hall–Kier alpha value is -0.820. The highest BCUT2D eigenvalue weighted by molar-refractivity contribution is 9.08. The van der Waals surface area contributed by atoms with E-state index < -0.39 is 0 Å². The van der Waals surface area contributed by atoms with Crippen LogP contribution in [0.1, 0.15) is 16.7 Å². The van der Waals surface area contributed by atoms with Gasteiger partial charge in [0.15, 0.2) is 0 Å². The van der Waals surface area contributed by atoms with Crippen LogP contribution in [-0.4, -0.2) is 0 Å². The Morgan fingerprint density at radius 3 is 2.33 bits per heavy atom. The second kappa shape index (κ2) is 4.27. The van der Waals surface area contributed by atoms with Crippen molar-refractivity contribution < 1.29 is 0 Å². The monoisotopic (exact) mass is 222 g/mol. The van der Waals surface area contributed by atoms with Crippen LogP contribution >= 0.6 is 15.9 Å². The molecule has 0 atom stereocenters. The van der Waals surface area contributed by atoms with Crippen LogP contribution in [0.5, 0.6) is 0 Å². The molecule has 12 heavy (non-hydrogen) atoms. The highest BCUT2D eigenvalue weighted by Gasteiger charge is 1.96. The van der Waals surface area contributed by atoms with Gasteiger partial charge in [0.05, 0.1) is 0 Å². The van der Waals surface area contributed by atoms with E-state index in [2.05, 4.69) is 47.3 Å². The molecule has 0 aromatic heterocycles. The van der Waals surface area contributed by atoms with Crippen molar-refractivity contribution in [3.8, 4) is 0 Å². The smallest absolute Gasteiger partial charge is 0.0283 e. The Kier molecular flexibility index (Phi) is 3.30. The van der Waals surface area contributed by atoms with E-state index in [1.54, 1.807) is 0 Å². The van der Waals surface area contributed by atoms with E-state index >= 15 is 0 Å². The summed E-state index contributed by atoms with van der Waals surface area (Å²) >= 11 is 3.41.